The third-order valence-corrected chi connectivity index (χ3v) is 5.73. The molecule has 1 aromatic heterocycles. The third kappa shape index (κ3) is 4.43. The van der Waals surface area contributed by atoms with Crippen LogP contribution in [0.2, 0.25) is 0 Å². The zero-order valence-electron chi connectivity index (χ0n) is 18.2. The molecule has 0 radical (unpaired) electrons. The Kier molecular flexibility index (Phi) is 5.99. The summed E-state index contributed by atoms with van der Waals surface area (Å²) in [6.07, 6.45) is 3.92. The van der Waals surface area contributed by atoms with E-state index in [1.165, 1.54) is 0 Å². The number of hydrogen-bond donors (Lipinski definition) is 1. The highest BCUT2D eigenvalue weighted by Crippen LogP contribution is 2.24. The molecule has 1 N–H and O–H groups in total. The van der Waals surface area contributed by atoms with Crippen LogP contribution in [0.1, 0.15) is 19.4 Å². The van der Waals surface area contributed by atoms with Crippen LogP contribution in [0, 0.1) is 24.3 Å². The molecule has 0 saturated carbocycles. The van der Waals surface area contributed by atoms with Gasteiger partial charge >= 0.3 is 0 Å². The quantitative estimate of drug-likeness (QED) is 0.304. The van der Waals surface area contributed by atoms with Gasteiger partial charge in [0.15, 0.2) is 6.19 Å². The van der Waals surface area contributed by atoms with Crippen LogP contribution >= 0.6 is 0 Å². The van der Waals surface area contributed by atoms with E-state index in [1.54, 1.807) is 0 Å². The second-order valence-electron chi connectivity index (χ2n) is 8.13. The first kappa shape index (κ1) is 20.6. The number of fused-ring (bicyclic) bond motifs is 1. The lowest BCUT2D eigenvalue weighted by Crippen LogP contribution is -2.59. The first-order chi connectivity index (χ1) is 15.1. The zero-order chi connectivity index (χ0) is 21.8. The summed E-state index contributed by atoms with van der Waals surface area (Å²) in [6, 6.07) is 16.1. The Balaban J connectivity index is 1.62. The number of benzene rings is 2. The van der Waals surface area contributed by atoms with E-state index in [4.69, 9.17) is 9.98 Å². The Bertz CT molecular complexity index is 1130. The lowest BCUT2D eigenvalue weighted by molar-refractivity contribution is 0.220. The molecule has 2 aromatic carbocycles. The molecular weight excluding hydrogens is 386 g/mol. The molecule has 0 spiro atoms. The van der Waals surface area contributed by atoms with Gasteiger partial charge in [-0.2, -0.15) is 5.26 Å². The highest BCUT2D eigenvalue weighted by molar-refractivity contribution is 5.85. The highest BCUT2D eigenvalue weighted by Gasteiger charge is 2.32. The number of nitrogens with zero attached hydrogens (tertiary/aromatic N) is 6. The molecule has 1 aliphatic rings. The van der Waals surface area contributed by atoms with Gasteiger partial charge in [0, 0.05) is 19.6 Å². The van der Waals surface area contributed by atoms with E-state index in [0.717, 1.165) is 47.7 Å². The van der Waals surface area contributed by atoms with Crippen molar-refractivity contribution in [3.63, 3.8) is 0 Å². The molecule has 0 amide bonds. The van der Waals surface area contributed by atoms with Crippen LogP contribution in [-0.2, 0) is 0 Å². The predicted octanol–water partition coefficient (Wildman–Crippen LogP) is 3.84. The number of hydrogen-bond acceptors (Lipinski definition) is 5. The smallest absolute Gasteiger partial charge is 0.212 e. The SMILES string of the molecule is Cc1ccccc1N=C(NC#N)N1CCN(c2cnc3ccccc3n2)C[C@H]1C(C)C. The molecule has 3 aromatic rings. The minimum absolute atomic E-state index is 0.172. The van der Waals surface area contributed by atoms with Crippen molar-refractivity contribution in [2.24, 2.45) is 10.9 Å². The van der Waals surface area contributed by atoms with E-state index in [-0.39, 0.29) is 6.04 Å². The maximum atomic E-state index is 9.37. The summed E-state index contributed by atoms with van der Waals surface area (Å²) in [5.41, 5.74) is 3.74. The Morgan fingerprint density at radius 1 is 1.13 bits per heavy atom. The molecule has 1 saturated heterocycles. The Morgan fingerprint density at radius 3 is 2.61 bits per heavy atom. The lowest BCUT2D eigenvalue weighted by Gasteiger charge is -2.44. The maximum Gasteiger partial charge on any atom is 0.212 e. The van der Waals surface area contributed by atoms with Gasteiger partial charge in [0.05, 0.1) is 29.0 Å². The fraction of sp³-hybridized carbons (Fsp3) is 0.333. The van der Waals surface area contributed by atoms with Crippen molar-refractivity contribution in [3.8, 4) is 6.19 Å². The molecule has 1 fully saturated rings. The number of piperazine rings is 1. The number of rotatable bonds is 3. The fourth-order valence-corrected chi connectivity index (χ4v) is 3.97. The van der Waals surface area contributed by atoms with Gasteiger partial charge in [-0.05, 0) is 36.6 Å². The van der Waals surface area contributed by atoms with Crippen LogP contribution in [0.3, 0.4) is 0 Å². The fourth-order valence-electron chi connectivity index (χ4n) is 3.97. The Hall–Kier alpha value is -3.66. The topological polar surface area (TPSA) is 80.4 Å². The molecule has 7 nitrogen and oxygen atoms in total. The minimum Gasteiger partial charge on any atom is -0.351 e. The highest BCUT2D eigenvalue weighted by atomic mass is 15.4. The van der Waals surface area contributed by atoms with Gasteiger partial charge in [0.2, 0.25) is 5.96 Å². The Labute approximate surface area is 183 Å². The second kappa shape index (κ2) is 9.00. The number of aliphatic imine (C=N–C) groups is 1. The van der Waals surface area contributed by atoms with Crippen molar-refractivity contribution in [1.29, 1.82) is 5.26 Å². The van der Waals surface area contributed by atoms with Gasteiger partial charge in [-0.15, -0.1) is 0 Å². The summed E-state index contributed by atoms with van der Waals surface area (Å²) in [4.78, 5) is 18.7. The maximum absolute atomic E-state index is 9.37. The number of aryl methyl sites for hydroxylation is 1. The van der Waals surface area contributed by atoms with E-state index in [0.29, 0.717) is 11.9 Å². The number of guanidine groups is 1. The van der Waals surface area contributed by atoms with Gasteiger partial charge in [0.1, 0.15) is 5.82 Å². The molecule has 158 valence electrons. The monoisotopic (exact) mass is 413 g/mol. The number of nitrogens with one attached hydrogen (secondary N) is 1. The molecule has 1 atom stereocenters. The van der Waals surface area contributed by atoms with Crippen molar-refractivity contribution in [1.82, 2.24) is 20.2 Å². The predicted molar refractivity (Wildman–Crippen MR) is 124 cm³/mol. The van der Waals surface area contributed by atoms with E-state index in [9.17, 15) is 5.26 Å². The van der Waals surface area contributed by atoms with Gasteiger partial charge in [-0.25, -0.2) is 9.98 Å². The first-order valence-corrected chi connectivity index (χ1v) is 10.6. The van der Waals surface area contributed by atoms with Crippen LogP contribution in [0.15, 0.2) is 59.7 Å². The molecule has 0 unspecified atom stereocenters. The summed E-state index contributed by atoms with van der Waals surface area (Å²) < 4.78 is 0. The van der Waals surface area contributed by atoms with Crippen LogP contribution in [0.25, 0.3) is 11.0 Å². The standard InChI is InChI=1S/C24H27N7/c1-17(2)22-15-30(23-14-26-20-10-6-7-11-21(20)28-23)12-13-31(22)24(27-16-25)29-19-9-5-4-8-18(19)3/h4-11,14,17,22H,12-13,15H2,1-3H3,(H,27,29)/t22-/m0/s1. The molecule has 2 heterocycles. The number of aromatic nitrogens is 2. The zero-order valence-corrected chi connectivity index (χ0v) is 18.2. The molecule has 31 heavy (non-hydrogen) atoms. The molecule has 0 aliphatic carbocycles. The number of anilines is 1. The van der Waals surface area contributed by atoms with E-state index in [1.807, 2.05) is 61.7 Å². The lowest BCUT2D eigenvalue weighted by atomic mass is 10.00. The van der Waals surface area contributed by atoms with Crippen molar-refractivity contribution in [2.75, 3.05) is 24.5 Å². The van der Waals surface area contributed by atoms with Gasteiger partial charge < -0.3 is 9.80 Å². The number of nitriles is 1. The molecular formula is C24H27N7. The summed E-state index contributed by atoms with van der Waals surface area (Å²) in [5, 5.41) is 12.2. The second-order valence-corrected chi connectivity index (χ2v) is 8.13. The summed E-state index contributed by atoms with van der Waals surface area (Å²) in [5.74, 6) is 1.84. The van der Waals surface area contributed by atoms with Crippen molar-refractivity contribution in [2.45, 2.75) is 26.8 Å². The van der Waals surface area contributed by atoms with E-state index < -0.39 is 0 Å². The summed E-state index contributed by atoms with van der Waals surface area (Å²) in [6.45, 7) is 8.71. The normalized spacial score (nSPS) is 17.1. The van der Waals surface area contributed by atoms with Gasteiger partial charge in [0.25, 0.3) is 0 Å². The minimum atomic E-state index is 0.172. The molecule has 4 rings (SSSR count). The average Bonchev–Trinajstić information content (AvgIpc) is 2.79. The van der Waals surface area contributed by atoms with Crippen LogP contribution in [0.4, 0.5) is 11.5 Å². The Morgan fingerprint density at radius 2 is 1.87 bits per heavy atom. The molecule has 7 heteroatoms. The third-order valence-electron chi connectivity index (χ3n) is 5.73. The largest absolute Gasteiger partial charge is 0.351 e. The summed E-state index contributed by atoms with van der Waals surface area (Å²) in [7, 11) is 0. The first-order valence-electron chi connectivity index (χ1n) is 10.6. The van der Waals surface area contributed by atoms with Crippen molar-refractivity contribution >= 4 is 28.5 Å². The van der Waals surface area contributed by atoms with Gasteiger partial charge in [-0.1, -0.05) is 44.2 Å². The van der Waals surface area contributed by atoms with Crippen LogP contribution in [-0.4, -0.2) is 46.5 Å². The van der Waals surface area contributed by atoms with Crippen molar-refractivity contribution < 1.29 is 0 Å². The van der Waals surface area contributed by atoms with Crippen molar-refractivity contribution in [3.05, 3.63) is 60.3 Å². The average molecular weight is 414 g/mol. The van der Waals surface area contributed by atoms with Crippen LogP contribution < -0.4 is 10.2 Å². The van der Waals surface area contributed by atoms with Gasteiger partial charge in [-0.3, -0.25) is 10.3 Å². The molecule has 0 bridgehead atoms. The van der Waals surface area contributed by atoms with E-state index in [2.05, 4.69) is 40.1 Å². The molecule has 1 aliphatic heterocycles. The van der Waals surface area contributed by atoms with Crippen LogP contribution in [0.5, 0.6) is 0 Å². The summed E-state index contributed by atoms with van der Waals surface area (Å²) >= 11 is 0. The van der Waals surface area contributed by atoms with E-state index >= 15 is 0 Å². The number of para-hydroxylation sites is 3.